The molecule has 1 aliphatic heterocycles. The van der Waals surface area contributed by atoms with Crippen LogP contribution in [0, 0.1) is 17.8 Å². The zero-order chi connectivity index (χ0) is 10.8. The number of rotatable bonds is 2. The molecule has 86 valence electrons. The van der Waals surface area contributed by atoms with Crippen molar-refractivity contribution in [1.29, 1.82) is 0 Å². The fraction of sp³-hybridized carbons (Fsp3) is 0.917. The lowest BCUT2D eigenvalue weighted by molar-refractivity contribution is -0.126. The Morgan fingerprint density at radius 3 is 2.60 bits per heavy atom. The van der Waals surface area contributed by atoms with E-state index in [1.54, 1.807) is 0 Å². The molecule has 1 aliphatic carbocycles. The highest BCUT2D eigenvalue weighted by molar-refractivity contribution is 5.79. The van der Waals surface area contributed by atoms with E-state index in [-0.39, 0.29) is 11.8 Å². The fourth-order valence-electron chi connectivity index (χ4n) is 2.81. The first-order chi connectivity index (χ1) is 7.16. The molecule has 2 rings (SSSR count). The largest absolute Gasteiger partial charge is 0.353 e. The standard InChI is InChI=1S/C12H22N2O/c1-8-3-4-10(5-8)14-12(15)11-7-13-6-9(11)2/h8-11,13H,3-7H2,1-2H3,(H,14,15)/t8?,9-,10?,11-/m1/s1. The van der Waals surface area contributed by atoms with Crippen molar-refractivity contribution in [2.45, 2.75) is 39.2 Å². The lowest BCUT2D eigenvalue weighted by atomic mass is 9.97. The van der Waals surface area contributed by atoms with Gasteiger partial charge < -0.3 is 10.6 Å². The van der Waals surface area contributed by atoms with Gasteiger partial charge in [0.25, 0.3) is 0 Å². The van der Waals surface area contributed by atoms with Gasteiger partial charge in [0.2, 0.25) is 5.91 Å². The molecule has 1 amide bonds. The summed E-state index contributed by atoms with van der Waals surface area (Å²) >= 11 is 0. The summed E-state index contributed by atoms with van der Waals surface area (Å²) in [5.41, 5.74) is 0. The molecule has 2 aliphatic rings. The Morgan fingerprint density at radius 1 is 1.27 bits per heavy atom. The smallest absolute Gasteiger partial charge is 0.224 e. The molecule has 2 fully saturated rings. The van der Waals surface area contributed by atoms with Crippen molar-refractivity contribution in [1.82, 2.24) is 10.6 Å². The van der Waals surface area contributed by atoms with Gasteiger partial charge in [-0.15, -0.1) is 0 Å². The van der Waals surface area contributed by atoms with Crippen molar-refractivity contribution in [3.63, 3.8) is 0 Å². The van der Waals surface area contributed by atoms with E-state index in [0.717, 1.165) is 19.0 Å². The summed E-state index contributed by atoms with van der Waals surface area (Å²) in [6.07, 6.45) is 3.60. The lowest BCUT2D eigenvalue weighted by Gasteiger charge is -2.18. The van der Waals surface area contributed by atoms with Crippen molar-refractivity contribution in [3.8, 4) is 0 Å². The van der Waals surface area contributed by atoms with Crippen LogP contribution in [-0.2, 0) is 4.79 Å². The van der Waals surface area contributed by atoms with Gasteiger partial charge in [0.1, 0.15) is 0 Å². The summed E-state index contributed by atoms with van der Waals surface area (Å²) in [4.78, 5) is 12.0. The Hall–Kier alpha value is -0.570. The minimum absolute atomic E-state index is 0.195. The molecule has 0 aromatic rings. The predicted molar refractivity (Wildman–Crippen MR) is 60.5 cm³/mol. The SMILES string of the molecule is CC1CCC(NC(=O)[C@@H]2CNC[C@H]2C)C1. The molecule has 3 nitrogen and oxygen atoms in total. The van der Waals surface area contributed by atoms with Gasteiger partial charge in [-0.2, -0.15) is 0 Å². The maximum atomic E-state index is 12.0. The minimum atomic E-state index is 0.195. The number of hydrogen-bond donors (Lipinski definition) is 2. The van der Waals surface area contributed by atoms with E-state index in [9.17, 15) is 4.79 Å². The summed E-state index contributed by atoms with van der Waals surface area (Å²) in [5, 5.41) is 6.48. The van der Waals surface area contributed by atoms with E-state index in [2.05, 4.69) is 24.5 Å². The molecule has 2 N–H and O–H groups in total. The molecule has 1 saturated heterocycles. The second kappa shape index (κ2) is 4.52. The van der Waals surface area contributed by atoms with Crippen LogP contribution in [0.15, 0.2) is 0 Å². The summed E-state index contributed by atoms with van der Waals surface area (Å²) in [6, 6.07) is 0.445. The molecule has 0 aromatic heterocycles. The number of nitrogens with one attached hydrogen (secondary N) is 2. The monoisotopic (exact) mass is 210 g/mol. The van der Waals surface area contributed by atoms with Crippen molar-refractivity contribution < 1.29 is 4.79 Å². The third-order valence-electron chi connectivity index (χ3n) is 3.90. The molecule has 0 bridgehead atoms. The highest BCUT2D eigenvalue weighted by Crippen LogP contribution is 2.25. The van der Waals surface area contributed by atoms with Gasteiger partial charge >= 0.3 is 0 Å². The Bertz CT molecular complexity index is 242. The highest BCUT2D eigenvalue weighted by atomic mass is 16.2. The summed E-state index contributed by atoms with van der Waals surface area (Å²) in [6.45, 7) is 6.27. The van der Waals surface area contributed by atoms with Crippen LogP contribution in [0.1, 0.15) is 33.1 Å². The van der Waals surface area contributed by atoms with E-state index in [1.165, 1.54) is 19.3 Å². The maximum Gasteiger partial charge on any atom is 0.224 e. The Kier molecular flexibility index (Phi) is 3.29. The minimum Gasteiger partial charge on any atom is -0.353 e. The van der Waals surface area contributed by atoms with Crippen molar-refractivity contribution in [2.24, 2.45) is 17.8 Å². The average Bonchev–Trinajstić information content (AvgIpc) is 2.75. The number of carbonyl (C=O) groups is 1. The fourth-order valence-corrected chi connectivity index (χ4v) is 2.81. The Labute approximate surface area is 92.0 Å². The molecule has 4 atom stereocenters. The summed E-state index contributed by atoms with van der Waals surface area (Å²) in [7, 11) is 0. The second-order valence-electron chi connectivity index (χ2n) is 5.37. The van der Waals surface area contributed by atoms with E-state index in [0.29, 0.717) is 12.0 Å². The van der Waals surface area contributed by atoms with Crippen LogP contribution in [0.3, 0.4) is 0 Å². The van der Waals surface area contributed by atoms with Gasteiger partial charge in [-0.25, -0.2) is 0 Å². The van der Waals surface area contributed by atoms with Gasteiger partial charge in [-0.1, -0.05) is 13.8 Å². The van der Waals surface area contributed by atoms with Crippen LogP contribution in [0.2, 0.25) is 0 Å². The average molecular weight is 210 g/mol. The molecule has 1 heterocycles. The van der Waals surface area contributed by atoms with Gasteiger partial charge in [0, 0.05) is 12.6 Å². The summed E-state index contributed by atoms with van der Waals surface area (Å²) in [5.74, 6) is 1.74. The molecule has 0 spiro atoms. The first-order valence-electron chi connectivity index (χ1n) is 6.18. The van der Waals surface area contributed by atoms with Gasteiger partial charge in [-0.3, -0.25) is 4.79 Å². The van der Waals surface area contributed by atoms with Crippen LogP contribution >= 0.6 is 0 Å². The number of amides is 1. The zero-order valence-electron chi connectivity index (χ0n) is 9.75. The van der Waals surface area contributed by atoms with Gasteiger partial charge in [-0.05, 0) is 37.6 Å². The molecule has 3 heteroatoms. The van der Waals surface area contributed by atoms with Crippen LogP contribution < -0.4 is 10.6 Å². The molecular formula is C12H22N2O. The molecule has 2 unspecified atom stereocenters. The Morgan fingerprint density at radius 2 is 2.07 bits per heavy atom. The summed E-state index contributed by atoms with van der Waals surface area (Å²) < 4.78 is 0. The number of hydrogen-bond acceptors (Lipinski definition) is 2. The molecular weight excluding hydrogens is 188 g/mol. The third-order valence-corrected chi connectivity index (χ3v) is 3.90. The van der Waals surface area contributed by atoms with Crippen LogP contribution in [0.4, 0.5) is 0 Å². The quantitative estimate of drug-likeness (QED) is 0.718. The molecule has 0 aromatic carbocycles. The van der Waals surface area contributed by atoms with E-state index in [4.69, 9.17) is 0 Å². The third kappa shape index (κ3) is 2.51. The van der Waals surface area contributed by atoms with E-state index in [1.807, 2.05) is 0 Å². The van der Waals surface area contributed by atoms with Crippen LogP contribution in [-0.4, -0.2) is 25.0 Å². The molecule has 1 saturated carbocycles. The second-order valence-corrected chi connectivity index (χ2v) is 5.37. The highest BCUT2D eigenvalue weighted by Gasteiger charge is 2.32. The van der Waals surface area contributed by atoms with Gasteiger partial charge in [0.15, 0.2) is 0 Å². The predicted octanol–water partition coefficient (Wildman–Crippen LogP) is 1.15. The topological polar surface area (TPSA) is 41.1 Å². The number of carbonyl (C=O) groups excluding carboxylic acids is 1. The molecule has 0 radical (unpaired) electrons. The van der Waals surface area contributed by atoms with Crippen molar-refractivity contribution in [3.05, 3.63) is 0 Å². The van der Waals surface area contributed by atoms with E-state index >= 15 is 0 Å². The Balaban J connectivity index is 1.81. The zero-order valence-corrected chi connectivity index (χ0v) is 9.75. The van der Waals surface area contributed by atoms with Crippen LogP contribution in [0.5, 0.6) is 0 Å². The first-order valence-corrected chi connectivity index (χ1v) is 6.18. The van der Waals surface area contributed by atoms with Crippen molar-refractivity contribution >= 4 is 5.91 Å². The maximum absolute atomic E-state index is 12.0. The van der Waals surface area contributed by atoms with Crippen molar-refractivity contribution in [2.75, 3.05) is 13.1 Å². The normalized spacial score (nSPS) is 40.7. The van der Waals surface area contributed by atoms with Crippen LogP contribution in [0.25, 0.3) is 0 Å². The first kappa shape index (κ1) is 10.9. The van der Waals surface area contributed by atoms with Gasteiger partial charge in [0.05, 0.1) is 5.92 Å². The molecule has 15 heavy (non-hydrogen) atoms. The lowest BCUT2D eigenvalue weighted by Crippen LogP contribution is -2.39. The van der Waals surface area contributed by atoms with E-state index < -0.39 is 0 Å².